The summed E-state index contributed by atoms with van der Waals surface area (Å²) >= 11 is -4.07. The number of aromatic nitrogens is 2. The van der Waals surface area contributed by atoms with Gasteiger partial charge in [0.15, 0.2) is 0 Å². The van der Waals surface area contributed by atoms with Gasteiger partial charge in [0.05, 0.1) is 11.6 Å². The van der Waals surface area contributed by atoms with E-state index in [0.29, 0.717) is 11.1 Å². The van der Waals surface area contributed by atoms with Gasteiger partial charge in [-0.15, -0.1) is 0 Å². The zero-order chi connectivity index (χ0) is 35.1. The monoisotopic (exact) mass is 779 g/mol. The van der Waals surface area contributed by atoms with Crippen molar-refractivity contribution in [1.29, 1.82) is 5.26 Å². The second-order valence-corrected chi connectivity index (χ2v) is 36.4. The average Bonchev–Trinajstić information content (AvgIpc) is 3.67. The molecule has 5 aromatic carbocycles. The van der Waals surface area contributed by atoms with Crippen molar-refractivity contribution in [3.8, 4) is 34.3 Å². The van der Waals surface area contributed by atoms with E-state index in [0.717, 1.165) is 38.8 Å². The van der Waals surface area contributed by atoms with Crippen molar-refractivity contribution in [1.82, 2.24) is 9.55 Å². The number of fused-ring (bicyclic) bond motifs is 5. The molecule has 0 saturated heterocycles. The standard InChI is InChI=1S/C44H45Ge2N3O/c1-27(2)35-23-31(30-17-19-37-38(25-30)46(7,8)21-20-45(37,5)6)24-36(28(3)4)42(35)49-40-15-10-9-14-39(40)48-44(49)34-13-11-12-33-32-18-16-29(26-47)22-41(32)50-43(33)34/h9-19,22-25,27-28H,20-21H2,1-8H3. The van der Waals surface area contributed by atoms with Crippen molar-refractivity contribution in [2.75, 3.05) is 0 Å². The van der Waals surface area contributed by atoms with Crippen LogP contribution in [0.3, 0.4) is 0 Å². The summed E-state index contributed by atoms with van der Waals surface area (Å²) in [6.07, 6.45) is 0. The number of nitriles is 1. The number of rotatable bonds is 5. The van der Waals surface area contributed by atoms with Crippen LogP contribution in [-0.4, -0.2) is 36.1 Å². The summed E-state index contributed by atoms with van der Waals surface area (Å²) < 4.78 is 12.5. The van der Waals surface area contributed by atoms with Crippen LogP contribution in [0.5, 0.6) is 0 Å². The molecular formula is C44H45Ge2N3O. The van der Waals surface area contributed by atoms with Gasteiger partial charge in [-0.1, -0.05) is 6.07 Å². The summed E-state index contributed by atoms with van der Waals surface area (Å²) in [5.41, 5.74) is 11.6. The van der Waals surface area contributed by atoms with E-state index in [-0.39, 0.29) is 11.8 Å². The molecule has 0 saturated carbocycles. The van der Waals surface area contributed by atoms with Crippen molar-refractivity contribution >= 4 is 68.3 Å². The Hall–Kier alpha value is -4.05. The fourth-order valence-corrected chi connectivity index (χ4v) is 38.6. The molecule has 0 aliphatic carbocycles. The third-order valence-corrected chi connectivity index (χ3v) is 28.7. The minimum atomic E-state index is -2.08. The van der Waals surface area contributed by atoms with Crippen molar-refractivity contribution in [3.63, 3.8) is 0 Å². The Labute approximate surface area is 300 Å². The first-order valence-electron chi connectivity index (χ1n) is 18.0. The fourth-order valence-electron chi connectivity index (χ4n) is 8.23. The molecule has 8 rings (SSSR count). The predicted octanol–water partition coefficient (Wildman–Crippen LogP) is 11.2. The summed E-state index contributed by atoms with van der Waals surface area (Å²) in [6, 6.07) is 35.3. The fraction of sp³-hybridized carbons (Fsp3) is 0.273. The minimum absolute atomic E-state index is 0.281. The number of furan rings is 1. The van der Waals surface area contributed by atoms with Crippen LogP contribution in [0.2, 0.25) is 33.5 Å². The summed E-state index contributed by atoms with van der Waals surface area (Å²) in [4.78, 5) is 5.33. The van der Waals surface area contributed by atoms with Gasteiger partial charge in [0.2, 0.25) is 0 Å². The zero-order valence-corrected chi connectivity index (χ0v) is 34.7. The predicted molar refractivity (Wildman–Crippen MR) is 216 cm³/mol. The molecule has 0 atom stereocenters. The van der Waals surface area contributed by atoms with E-state index in [1.807, 2.05) is 18.2 Å². The maximum atomic E-state index is 9.58. The van der Waals surface area contributed by atoms with Gasteiger partial charge in [-0.05, 0) is 18.2 Å². The van der Waals surface area contributed by atoms with Crippen LogP contribution in [0.4, 0.5) is 0 Å². The molecule has 250 valence electrons. The van der Waals surface area contributed by atoms with Gasteiger partial charge in [-0.25, -0.2) is 0 Å². The number of nitrogens with zero attached hydrogens (tertiary/aromatic N) is 3. The van der Waals surface area contributed by atoms with Gasteiger partial charge in [0, 0.05) is 5.39 Å². The molecule has 0 fully saturated rings. The Balaban J connectivity index is 1.40. The van der Waals surface area contributed by atoms with E-state index in [2.05, 4.69) is 134 Å². The molecule has 6 heteroatoms. The Morgan fingerprint density at radius 3 is 2.12 bits per heavy atom. The van der Waals surface area contributed by atoms with Gasteiger partial charge in [-0.3, -0.25) is 0 Å². The number of benzene rings is 5. The molecule has 0 radical (unpaired) electrons. The van der Waals surface area contributed by atoms with E-state index in [1.54, 1.807) is 8.79 Å². The van der Waals surface area contributed by atoms with Crippen LogP contribution < -0.4 is 8.79 Å². The quantitative estimate of drug-likeness (QED) is 0.164. The van der Waals surface area contributed by atoms with Crippen molar-refractivity contribution in [3.05, 3.63) is 108 Å². The van der Waals surface area contributed by atoms with Crippen molar-refractivity contribution < 1.29 is 4.42 Å². The molecule has 2 aromatic heterocycles. The molecule has 4 nitrogen and oxygen atoms in total. The first-order chi connectivity index (χ1) is 23.9. The third kappa shape index (κ3) is 5.28. The molecule has 0 bridgehead atoms. The van der Waals surface area contributed by atoms with Crippen LogP contribution in [-0.2, 0) is 0 Å². The second kappa shape index (κ2) is 12.0. The summed E-state index contributed by atoms with van der Waals surface area (Å²) in [6.45, 7) is 9.28. The number of para-hydroxylation sites is 3. The van der Waals surface area contributed by atoms with Crippen LogP contribution in [0.15, 0.2) is 95.4 Å². The molecule has 0 amide bonds. The average molecular weight is 777 g/mol. The normalized spacial score (nSPS) is 15.3. The third-order valence-electron chi connectivity index (χ3n) is 11.3. The van der Waals surface area contributed by atoms with Crippen LogP contribution in [0.25, 0.3) is 61.2 Å². The van der Waals surface area contributed by atoms with Gasteiger partial charge in [-0.2, -0.15) is 5.26 Å². The van der Waals surface area contributed by atoms with Gasteiger partial charge in [0.1, 0.15) is 5.58 Å². The summed E-state index contributed by atoms with van der Waals surface area (Å²) in [5, 5.41) is 14.5. The molecule has 0 unspecified atom stereocenters. The molecule has 3 heterocycles. The molecule has 7 aromatic rings. The van der Waals surface area contributed by atoms with Crippen molar-refractivity contribution in [2.24, 2.45) is 0 Å². The summed E-state index contributed by atoms with van der Waals surface area (Å²) in [7, 11) is 0. The SMILES string of the molecule is CC(C)c1cc(-c2cc[c]3[c](c2)[Ge]([CH3])([CH3])[CH2][CH2][Ge]3([CH3])[CH3])cc(C(C)C)c1-n1c(-c2cccc3c2oc2cc(C#N)ccc23)nc2ccccc21. The van der Waals surface area contributed by atoms with E-state index in [9.17, 15) is 5.26 Å². The first-order valence-corrected chi connectivity index (χ1v) is 31.5. The van der Waals surface area contributed by atoms with E-state index in [1.165, 1.54) is 38.4 Å². The molecule has 1 aliphatic heterocycles. The maximum absolute atomic E-state index is 9.58. The van der Waals surface area contributed by atoms with Crippen LogP contribution in [0.1, 0.15) is 56.2 Å². The van der Waals surface area contributed by atoms with E-state index >= 15 is 0 Å². The van der Waals surface area contributed by atoms with Gasteiger partial charge in [0.25, 0.3) is 0 Å². The van der Waals surface area contributed by atoms with E-state index in [4.69, 9.17) is 9.40 Å². The second-order valence-electron chi connectivity index (χ2n) is 16.2. The van der Waals surface area contributed by atoms with Crippen molar-refractivity contribution in [2.45, 2.75) is 73.1 Å². The molecule has 0 spiro atoms. The first kappa shape index (κ1) is 33.1. The number of hydrogen-bond acceptors (Lipinski definition) is 3. The molecular weight excluding hydrogens is 732 g/mol. The Morgan fingerprint density at radius 1 is 0.720 bits per heavy atom. The Kier molecular flexibility index (Phi) is 7.97. The van der Waals surface area contributed by atoms with Crippen LogP contribution >= 0.6 is 0 Å². The van der Waals surface area contributed by atoms with E-state index < -0.39 is 26.5 Å². The van der Waals surface area contributed by atoms with Gasteiger partial charge >= 0.3 is 250 Å². The number of hydrogen-bond donors (Lipinski definition) is 0. The topological polar surface area (TPSA) is 54.8 Å². The van der Waals surface area contributed by atoms with Crippen LogP contribution in [0, 0.1) is 11.3 Å². The Morgan fingerprint density at radius 2 is 1.42 bits per heavy atom. The zero-order valence-electron chi connectivity index (χ0n) is 30.5. The molecule has 0 N–H and O–H groups in total. The summed E-state index contributed by atoms with van der Waals surface area (Å²) in [5.74, 6) is 11.9. The molecule has 1 aliphatic rings. The Bertz CT molecular complexity index is 2500. The number of imidazole rings is 1. The van der Waals surface area contributed by atoms with Gasteiger partial charge < -0.3 is 0 Å². The molecule has 50 heavy (non-hydrogen) atoms.